The maximum atomic E-state index is 12.8. The smallest absolute Gasteiger partial charge is 0.228 e. The summed E-state index contributed by atoms with van der Waals surface area (Å²) in [6, 6.07) is 18.9. The van der Waals surface area contributed by atoms with E-state index in [-0.39, 0.29) is 12.3 Å². The summed E-state index contributed by atoms with van der Waals surface area (Å²) in [5.41, 5.74) is 4.05. The van der Waals surface area contributed by atoms with Crippen LogP contribution in [0, 0.1) is 0 Å². The van der Waals surface area contributed by atoms with E-state index >= 15 is 0 Å². The van der Waals surface area contributed by atoms with Crippen LogP contribution in [0.4, 0.5) is 5.69 Å². The lowest BCUT2D eigenvalue weighted by atomic mass is 10.1. The predicted octanol–water partition coefficient (Wildman–Crippen LogP) is 4.44. The van der Waals surface area contributed by atoms with Gasteiger partial charge in [0.15, 0.2) is 11.5 Å². The predicted molar refractivity (Wildman–Crippen MR) is 120 cm³/mol. The van der Waals surface area contributed by atoms with Gasteiger partial charge >= 0.3 is 0 Å². The second-order valence-corrected chi connectivity index (χ2v) is 6.91. The monoisotopic (exact) mass is 417 g/mol. The zero-order chi connectivity index (χ0) is 21.8. The summed E-state index contributed by atoms with van der Waals surface area (Å²) in [5.74, 6) is 2.03. The van der Waals surface area contributed by atoms with Crippen LogP contribution in [0.2, 0.25) is 0 Å². The van der Waals surface area contributed by atoms with E-state index < -0.39 is 0 Å². The van der Waals surface area contributed by atoms with Crippen LogP contribution in [0.25, 0.3) is 22.4 Å². The Labute approximate surface area is 180 Å². The average Bonchev–Trinajstić information content (AvgIpc) is 3.22. The highest BCUT2D eigenvalue weighted by Gasteiger charge is 2.16. The van der Waals surface area contributed by atoms with Crippen LogP contribution in [0.15, 0.2) is 60.7 Å². The first-order valence-corrected chi connectivity index (χ1v) is 9.75. The molecule has 0 saturated carbocycles. The molecule has 0 saturated heterocycles. The van der Waals surface area contributed by atoms with E-state index in [0.29, 0.717) is 28.8 Å². The van der Waals surface area contributed by atoms with Crippen LogP contribution in [-0.2, 0) is 11.2 Å². The Morgan fingerprint density at radius 2 is 1.61 bits per heavy atom. The van der Waals surface area contributed by atoms with Gasteiger partial charge in [-0.05, 0) is 42.0 Å². The minimum absolute atomic E-state index is 0.144. The van der Waals surface area contributed by atoms with Crippen LogP contribution >= 0.6 is 0 Å². The van der Waals surface area contributed by atoms with Gasteiger partial charge in [-0.15, -0.1) is 0 Å². The molecular weight excluding hydrogens is 394 g/mol. The standard InChI is InChI=1S/C24H23N3O4/c1-29-20-12-15(13-21(30-2)23(20)31-3)14-22(28)25-17-9-5-4-8-16(17)24-26-18-10-6-7-11-19(18)27-24/h4-13H,14H2,1-3H3,(H,25,28)(H,26,27). The van der Waals surface area contributed by atoms with Gasteiger partial charge in [0.25, 0.3) is 0 Å². The van der Waals surface area contributed by atoms with Crippen molar-refractivity contribution in [1.82, 2.24) is 9.97 Å². The van der Waals surface area contributed by atoms with Crippen molar-refractivity contribution in [2.75, 3.05) is 26.6 Å². The number of methoxy groups -OCH3 is 3. The zero-order valence-electron chi connectivity index (χ0n) is 17.6. The molecule has 0 spiro atoms. The Hall–Kier alpha value is -4.00. The molecule has 0 aliphatic heterocycles. The molecule has 31 heavy (non-hydrogen) atoms. The van der Waals surface area contributed by atoms with Gasteiger partial charge in [-0.2, -0.15) is 0 Å². The Morgan fingerprint density at radius 1 is 0.935 bits per heavy atom. The van der Waals surface area contributed by atoms with Crippen molar-refractivity contribution < 1.29 is 19.0 Å². The molecule has 158 valence electrons. The van der Waals surface area contributed by atoms with Crippen molar-refractivity contribution in [2.45, 2.75) is 6.42 Å². The first-order valence-electron chi connectivity index (χ1n) is 9.75. The van der Waals surface area contributed by atoms with Crippen LogP contribution in [-0.4, -0.2) is 37.2 Å². The van der Waals surface area contributed by atoms with Gasteiger partial charge in [0.05, 0.1) is 44.5 Å². The maximum absolute atomic E-state index is 12.8. The Kier molecular flexibility index (Phi) is 5.75. The number of nitrogens with one attached hydrogen (secondary N) is 2. The normalized spacial score (nSPS) is 10.7. The number of hydrogen-bond acceptors (Lipinski definition) is 5. The van der Waals surface area contributed by atoms with Gasteiger partial charge in [0.2, 0.25) is 11.7 Å². The van der Waals surface area contributed by atoms with Gasteiger partial charge in [-0.3, -0.25) is 4.79 Å². The fourth-order valence-electron chi connectivity index (χ4n) is 3.50. The molecular formula is C24H23N3O4. The number of imidazole rings is 1. The summed E-state index contributed by atoms with van der Waals surface area (Å²) in [4.78, 5) is 20.8. The molecule has 0 radical (unpaired) electrons. The number of benzene rings is 3. The van der Waals surface area contributed by atoms with Crippen LogP contribution in [0.1, 0.15) is 5.56 Å². The highest BCUT2D eigenvalue weighted by atomic mass is 16.5. The number of hydrogen-bond donors (Lipinski definition) is 2. The molecule has 0 unspecified atom stereocenters. The van der Waals surface area contributed by atoms with Crippen molar-refractivity contribution in [3.8, 4) is 28.6 Å². The number of amides is 1. The quantitative estimate of drug-likeness (QED) is 0.464. The van der Waals surface area contributed by atoms with Crippen LogP contribution in [0.5, 0.6) is 17.2 Å². The summed E-state index contributed by atoms with van der Waals surface area (Å²) in [6.07, 6.45) is 0.144. The first-order chi connectivity index (χ1) is 15.1. The highest BCUT2D eigenvalue weighted by Crippen LogP contribution is 2.38. The molecule has 0 atom stereocenters. The number of nitrogens with zero attached hydrogens (tertiary/aromatic N) is 1. The number of anilines is 1. The van der Waals surface area contributed by atoms with E-state index in [1.54, 1.807) is 33.5 Å². The lowest BCUT2D eigenvalue weighted by Gasteiger charge is -2.14. The molecule has 4 rings (SSSR count). The van der Waals surface area contributed by atoms with Crippen LogP contribution in [0.3, 0.4) is 0 Å². The van der Waals surface area contributed by atoms with Gasteiger partial charge in [0.1, 0.15) is 5.82 Å². The fourth-order valence-corrected chi connectivity index (χ4v) is 3.50. The lowest BCUT2D eigenvalue weighted by Crippen LogP contribution is -2.15. The molecule has 0 bridgehead atoms. The number of para-hydroxylation sites is 3. The fraction of sp³-hybridized carbons (Fsp3) is 0.167. The molecule has 3 aromatic carbocycles. The lowest BCUT2D eigenvalue weighted by molar-refractivity contribution is -0.115. The third-order valence-electron chi connectivity index (χ3n) is 4.93. The van der Waals surface area contributed by atoms with Gasteiger partial charge in [-0.25, -0.2) is 4.98 Å². The molecule has 4 aromatic rings. The first kappa shape index (κ1) is 20.3. The molecule has 0 fully saturated rings. The topological polar surface area (TPSA) is 85.5 Å². The van der Waals surface area contributed by atoms with Gasteiger partial charge in [-0.1, -0.05) is 24.3 Å². The van der Waals surface area contributed by atoms with Gasteiger partial charge < -0.3 is 24.5 Å². The highest BCUT2D eigenvalue weighted by molar-refractivity contribution is 5.96. The SMILES string of the molecule is COc1cc(CC(=O)Nc2ccccc2-c2nc3ccccc3[nH]2)cc(OC)c1OC. The molecule has 1 heterocycles. The number of H-pyrrole nitrogens is 1. The number of carbonyl (C=O) groups is 1. The average molecular weight is 417 g/mol. The van der Waals surface area contributed by atoms with E-state index in [1.165, 1.54) is 0 Å². The summed E-state index contributed by atoms with van der Waals surface area (Å²) < 4.78 is 16.1. The largest absolute Gasteiger partial charge is 0.493 e. The Balaban J connectivity index is 1.59. The number of rotatable bonds is 7. The summed E-state index contributed by atoms with van der Waals surface area (Å²) in [7, 11) is 4.64. The third kappa shape index (κ3) is 4.16. The number of aromatic nitrogens is 2. The zero-order valence-corrected chi connectivity index (χ0v) is 17.6. The van der Waals surface area contributed by atoms with Gasteiger partial charge in [0, 0.05) is 5.56 Å². The van der Waals surface area contributed by atoms with Crippen molar-refractivity contribution in [3.63, 3.8) is 0 Å². The second-order valence-electron chi connectivity index (χ2n) is 6.91. The molecule has 7 heteroatoms. The summed E-state index contributed by atoms with van der Waals surface area (Å²) >= 11 is 0. The molecule has 0 aliphatic rings. The van der Waals surface area contributed by atoms with E-state index in [1.807, 2.05) is 48.5 Å². The maximum Gasteiger partial charge on any atom is 0.228 e. The Morgan fingerprint density at radius 3 is 2.29 bits per heavy atom. The molecule has 7 nitrogen and oxygen atoms in total. The number of carbonyl (C=O) groups excluding carboxylic acids is 1. The minimum Gasteiger partial charge on any atom is -0.493 e. The third-order valence-corrected chi connectivity index (χ3v) is 4.93. The van der Waals surface area contributed by atoms with E-state index in [0.717, 1.165) is 22.2 Å². The van der Waals surface area contributed by atoms with Crippen molar-refractivity contribution in [3.05, 3.63) is 66.2 Å². The van der Waals surface area contributed by atoms with Crippen molar-refractivity contribution in [1.29, 1.82) is 0 Å². The number of fused-ring (bicyclic) bond motifs is 1. The number of ether oxygens (including phenoxy) is 3. The van der Waals surface area contributed by atoms with E-state index in [9.17, 15) is 4.79 Å². The van der Waals surface area contributed by atoms with E-state index in [4.69, 9.17) is 14.2 Å². The molecule has 0 aliphatic carbocycles. The molecule has 2 N–H and O–H groups in total. The molecule has 1 amide bonds. The van der Waals surface area contributed by atoms with Crippen LogP contribution < -0.4 is 19.5 Å². The molecule has 1 aromatic heterocycles. The van der Waals surface area contributed by atoms with Crippen molar-refractivity contribution >= 4 is 22.6 Å². The summed E-state index contributed by atoms with van der Waals surface area (Å²) in [6.45, 7) is 0. The van der Waals surface area contributed by atoms with E-state index in [2.05, 4.69) is 15.3 Å². The minimum atomic E-state index is -0.169. The van der Waals surface area contributed by atoms with Crippen molar-refractivity contribution in [2.24, 2.45) is 0 Å². The summed E-state index contributed by atoms with van der Waals surface area (Å²) in [5, 5.41) is 2.99. The Bertz CT molecular complexity index is 1170. The second kappa shape index (κ2) is 8.79. The number of aromatic amines is 1.